The van der Waals surface area contributed by atoms with Gasteiger partial charge in [0.15, 0.2) is 6.10 Å². The van der Waals surface area contributed by atoms with Gasteiger partial charge >= 0.3 is 0 Å². The van der Waals surface area contributed by atoms with Crippen molar-refractivity contribution in [2.75, 3.05) is 25.1 Å². The highest BCUT2D eigenvalue weighted by Crippen LogP contribution is 2.33. The summed E-state index contributed by atoms with van der Waals surface area (Å²) in [4.78, 5) is 26.1. The Morgan fingerprint density at radius 2 is 1.93 bits per heavy atom. The molecule has 6 nitrogen and oxygen atoms in total. The van der Waals surface area contributed by atoms with Crippen molar-refractivity contribution < 1.29 is 19.1 Å². The lowest BCUT2D eigenvalue weighted by atomic mass is 10.1. The van der Waals surface area contributed by atoms with Gasteiger partial charge in [0.25, 0.3) is 5.91 Å². The number of benzene rings is 2. The van der Waals surface area contributed by atoms with Gasteiger partial charge in [-0.15, -0.1) is 0 Å². The summed E-state index contributed by atoms with van der Waals surface area (Å²) >= 11 is 0. The second kappa shape index (κ2) is 8.58. The van der Waals surface area contributed by atoms with E-state index in [9.17, 15) is 9.59 Å². The Balaban J connectivity index is 1.48. The number of nitrogens with one attached hydrogen (secondary N) is 1. The van der Waals surface area contributed by atoms with Crippen LogP contribution in [0.25, 0.3) is 0 Å². The lowest BCUT2D eigenvalue weighted by molar-refractivity contribution is -0.127. The Hall–Kier alpha value is -3.02. The molecule has 27 heavy (non-hydrogen) atoms. The summed E-state index contributed by atoms with van der Waals surface area (Å²) in [6.45, 7) is 2.92. The molecule has 0 fully saturated rings. The van der Waals surface area contributed by atoms with Gasteiger partial charge in [0, 0.05) is 20.0 Å². The van der Waals surface area contributed by atoms with Gasteiger partial charge in [-0.05, 0) is 36.8 Å². The first kappa shape index (κ1) is 18.8. The lowest BCUT2D eigenvalue weighted by Gasteiger charge is -2.31. The number of carbonyl (C=O) groups is 2. The maximum absolute atomic E-state index is 12.4. The molecule has 2 aromatic rings. The molecule has 1 atom stereocenters. The van der Waals surface area contributed by atoms with E-state index < -0.39 is 6.10 Å². The van der Waals surface area contributed by atoms with Gasteiger partial charge in [-0.3, -0.25) is 9.59 Å². The molecule has 0 aliphatic carbocycles. The fourth-order valence-corrected chi connectivity index (χ4v) is 3.02. The number of fused-ring (bicyclic) bond motifs is 1. The molecule has 2 aromatic carbocycles. The zero-order chi connectivity index (χ0) is 19.2. The number of ether oxygens (including phenoxy) is 2. The molecule has 1 aliphatic rings. The number of nitrogens with zero attached hydrogens (tertiary/aromatic N) is 1. The summed E-state index contributed by atoms with van der Waals surface area (Å²) in [6.07, 6.45) is 0.122. The first-order chi connectivity index (χ1) is 13.1. The van der Waals surface area contributed by atoms with Gasteiger partial charge in [-0.1, -0.05) is 24.3 Å². The average Bonchev–Trinajstić information content (AvgIpc) is 2.67. The molecule has 0 bridgehead atoms. The van der Waals surface area contributed by atoms with E-state index in [2.05, 4.69) is 5.32 Å². The van der Waals surface area contributed by atoms with Crippen LogP contribution in [-0.2, 0) is 16.0 Å². The van der Waals surface area contributed by atoms with Gasteiger partial charge in [0.05, 0.1) is 18.7 Å². The zero-order valence-electron chi connectivity index (χ0n) is 15.6. The number of rotatable bonds is 7. The van der Waals surface area contributed by atoms with Crippen molar-refractivity contribution in [1.29, 1.82) is 0 Å². The highest BCUT2D eigenvalue weighted by Gasteiger charge is 2.31. The molecule has 3 rings (SSSR count). The minimum Gasteiger partial charge on any atom is -0.494 e. The normalized spacial score (nSPS) is 15.7. The van der Waals surface area contributed by atoms with Crippen molar-refractivity contribution in [3.63, 3.8) is 0 Å². The van der Waals surface area contributed by atoms with Crippen LogP contribution < -0.4 is 19.7 Å². The molecule has 1 aliphatic heterocycles. The van der Waals surface area contributed by atoms with E-state index in [0.29, 0.717) is 25.3 Å². The smallest absolute Gasteiger partial charge is 0.267 e. The third-order valence-electron chi connectivity index (χ3n) is 4.43. The standard InChI is InChI=1S/C21H24N2O4/c1-3-26-16-10-8-15(9-11-16)14-20(24)22-13-12-19-21(25)23(2)17-6-4-5-7-18(17)27-19/h4-11,19H,3,12-14H2,1-2H3,(H,22,24). The van der Waals surface area contributed by atoms with Crippen molar-refractivity contribution in [2.45, 2.75) is 25.9 Å². The molecule has 0 saturated carbocycles. The molecule has 6 heteroatoms. The van der Waals surface area contributed by atoms with Gasteiger partial charge in [-0.2, -0.15) is 0 Å². The van der Waals surface area contributed by atoms with Crippen molar-refractivity contribution in [1.82, 2.24) is 5.32 Å². The Morgan fingerprint density at radius 3 is 2.67 bits per heavy atom. The second-order valence-electron chi connectivity index (χ2n) is 6.36. The predicted molar refractivity (Wildman–Crippen MR) is 103 cm³/mol. The average molecular weight is 368 g/mol. The Bertz CT molecular complexity index is 804. The summed E-state index contributed by atoms with van der Waals surface area (Å²) < 4.78 is 11.2. The van der Waals surface area contributed by atoms with E-state index >= 15 is 0 Å². The molecule has 1 N–H and O–H groups in total. The van der Waals surface area contributed by atoms with Crippen LogP contribution >= 0.6 is 0 Å². The number of amides is 2. The van der Waals surface area contributed by atoms with Crippen LogP contribution in [0.1, 0.15) is 18.9 Å². The fourth-order valence-electron chi connectivity index (χ4n) is 3.02. The van der Waals surface area contributed by atoms with E-state index in [1.807, 2.05) is 55.5 Å². The van der Waals surface area contributed by atoms with Gasteiger partial charge < -0.3 is 19.7 Å². The minimum atomic E-state index is -0.587. The highest BCUT2D eigenvalue weighted by molar-refractivity contribution is 5.99. The third kappa shape index (κ3) is 4.58. The first-order valence-electron chi connectivity index (χ1n) is 9.10. The molecular formula is C21H24N2O4. The molecular weight excluding hydrogens is 344 g/mol. The molecule has 0 aromatic heterocycles. The van der Waals surface area contributed by atoms with Gasteiger partial charge in [-0.25, -0.2) is 0 Å². The maximum atomic E-state index is 12.4. The van der Waals surface area contributed by atoms with E-state index in [0.717, 1.165) is 17.0 Å². The number of anilines is 1. The Kier molecular flexibility index (Phi) is 5.96. The zero-order valence-corrected chi connectivity index (χ0v) is 15.6. The maximum Gasteiger partial charge on any atom is 0.267 e. The number of hydrogen-bond donors (Lipinski definition) is 1. The lowest BCUT2D eigenvalue weighted by Crippen LogP contribution is -2.45. The fraction of sp³-hybridized carbons (Fsp3) is 0.333. The van der Waals surface area contributed by atoms with Crippen molar-refractivity contribution in [3.8, 4) is 11.5 Å². The van der Waals surface area contributed by atoms with Crippen LogP contribution in [-0.4, -0.2) is 38.1 Å². The summed E-state index contributed by atoms with van der Waals surface area (Å²) in [5.41, 5.74) is 1.67. The molecule has 1 heterocycles. The van der Waals surface area contributed by atoms with E-state index in [4.69, 9.17) is 9.47 Å². The summed E-state index contributed by atoms with van der Waals surface area (Å²) in [7, 11) is 1.74. The van der Waals surface area contributed by atoms with Crippen molar-refractivity contribution >= 4 is 17.5 Å². The SMILES string of the molecule is CCOc1ccc(CC(=O)NCCC2Oc3ccccc3N(C)C2=O)cc1. The Labute approximate surface area is 159 Å². The summed E-state index contributed by atoms with van der Waals surface area (Å²) in [6, 6.07) is 14.9. The molecule has 0 saturated heterocycles. The minimum absolute atomic E-state index is 0.0869. The van der Waals surface area contributed by atoms with Gasteiger partial charge in [0.2, 0.25) is 5.91 Å². The molecule has 0 radical (unpaired) electrons. The quantitative estimate of drug-likeness (QED) is 0.816. The monoisotopic (exact) mass is 368 g/mol. The number of carbonyl (C=O) groups excluding carboxylic acids is 2. The number of hydrogen-bond acceptors (Lipinski definition) is 4. The predicted octanol–water partition coefficient (Wildman–Crippen LogP) is 2.56. The first-order valence-corrected chi connectivity index (χ1v) is 9.10. The van der Waals surface area contributed by atoms with Crippen LogP contribution in [0.5, 0.6) is 11.5 Å². The van der Waals surface area contributed by atoms with Crippen LogP contribution in [0.15, 0.2) is 48.5 Å². The molecule has 142 valence electrons. The third-order valence-corrected chi connectivity index (χ3v) is 4.43. The van der Waals surface area contributed by atoms with Crippen LogP contribution in [0, 0.1) is 0 Å². The molecule has 0 spiro atoms. The largest absolute Gasteiger partial charge is 0.494 e. The summed E-state index contributed by atoms with van der Waals surface area (Å²) in [5, 5.41) is 2.86. The second-order valence-corrected chi connectivity index (χ2v) is 6.36. The van der Waals surface area contributed by atoms with Gasteiger partial charge in [0.1, 0.15) is 11.5 Å². The highest BCUT2D eigenvalue weighted by atomic mass is 16.5. The van der Waals surface area contributed by atoms with E-state index in [1.165, 1.54) is 0 Å². The topological polar surface area (TPSA) is 67.9 Å². The van der Waals surface area contributed by atoms with Crippen LogP contribution in [0.4, 0.5) is 5.69 Å². The van der Waals surface area contributed by atoms with E-state index in [1.54, 1.807) is 11.9 Å². The van der Waals surface area contributed by atoms with Crippen LogP contribution in [0.3, 0.4) is 0 Å². The Morgan fingerprint density at radius 1 is 1.19 bits per heavy atom. The number of likely N-dealkylation sites (N-methyl/N-ethyl adjacent to an activating group) is 1. The molecule has 1 unspecified atom stereocenters. The van der Waals surface area contributed by atoms with E-state index in [-0.39, 0.29) is 18.2 Å². The van der Waals surface area contributed by atoms with Crippen molar-refractivity contribution in [3.05, 3.63) is 54.1 Å². The molecule has 2 amide bonds. The number of para-hydroxylation sites is 2. The summed E-state index contributed by atoms with van der Waals surface area (Å²) in [5.74, 6) is 1.29. The van der Waals surface area contributed by atoms with Crippen LogP contribution in [0.2, 0.25) is 0 Å². The van der Waals surface area contributed by atoms with Crippen molar-refractivity contribution in [2.24, 2.45) is 0 Å².